The van der Waals surface area contributed by atoms with Crippen molar-refractivity contribution in [3.05, 3.63) is 94.5 Å². The third kappa shape index (κ3) is 4.33. The molecule has 0 saturated carbocycles. The van der Waals surface area contributed by atoms with Crippen LogP contribution >= 0.6 is 11.6 Å². The van der Waals surface area contributed by atoms with Gasteiger partial charge in [-0.1, -0.05) is 35.9 Å². The van der Waals surface area contributed by atoms with E-state index in [4.69, 9.17) is 16.3 Å². The Hall–Kier alpha value is -3.16. The maximum atomic E-state index is 13.2. The number of esters is 1. The van der Waals surface area contributed by atoms with Gasteiger partial charge in [-0.3, -0.25) is 9.10 Å². The summed E-state index contributed by atoms with van der Waals surface area (Å²) in [5.74, 6) is -1.16. The molecule has 1 heterocycles. The second-order valence-corrected chi connectivity index (χ2v) is 9.29. The summed E-state index contributed by atoms with van der Waals surface area (Å²) in [6.07, 6.45) is 0.629. The number of ketones is 1. The molecule has 0 N–H and O–H groups in total. The smallest absolute Gasteiger partial charge is 0.338 e. The lowest BCUT2D eigenvalue weighted by Crippen LogP contribution is -2.29. The maximum Gasteiger partial charge on any atom is 0.338 e. The molecule has 0 aromatic heterocycles. The molecule has 6 nitrogen and oxygen atoms in total. The van der Waals surface area contributed by atoms with Crippen LogP contribution in [0, 0.1) is 0 Å². The number of anilines is 1. The summed E-state index contributed by atoms with van der Waals surface area (Å²) in [6.45, 7) is -0.122. The number of fused-ring (bicyclic) bond motifs is 1. The predicted octanol–water partition coefficient (Wildman–Crippen LogP) is 4.13. The number of para-hydroxylation sites is 1. The van der Waals surface area contributed by atoms with E-state index in [1.54, 1.807) is 36.4 Å². The molecule has 0 aliphatic carbocycles. The van der Waals surface area contributed by atoms with E-state index in [0.29, 0.717) is 29.2 Å². The molecular formula is C23H18ClNO5S. The van der Waals surface area contributed by atoms with Gasteiger partial charge in [-0.15, -0.1) is 0 Å². The van der Waals surface area contributed by atoms with Gasteiger partial charge in [0.1, 0.15) is 0 Å². The van der Waals surface area contributed by atoms with Crippen LogP contribution in [-0.4, -0.2) is 33.3 Å². The minimum absolute atomic E-state index is 0.0114. The van der Waals surface area contributed by atoms with Crippen LogP contribution in [-0.2, 0) is 21.2 Å². The molecule has 0 amide bonds. The van der Waals surface area contributed by atoms with Crippen LogP contribution in [0.4, 0.5) is 5.69 Å². The number of Topliss-reactive ketones (excluding diaryl/α,β-unsaturated/α-hetero) is 1. The fourth-order valence-corrected chi connectivity index (χ4v) is 5.08. The molecule has 0 unspecified atom stereocenters. The fourth-order valence-electron chi connectivity index (χ4n) is 3.40. The number of halogens is 1. The van der Waals surface area contributed by atoms with Crippen molar-refractivity contribution in [3.8, 4) is 0 Å². The number of ether oxygens (including phenoxy) is 1. The highest BCUT2D eigenvalue weighted by atomic mass is 35.5. The van der Waals surface area contributed by atoms with Gasteiger partial charge in [0.15, 0.2) is 12.4 Å². The molecule has 3 aromatic carbocycles. The summed E-state index contributed by atoms with van der Waals surface area (Å²) >= 11 is 5.80. The lowest BCUT2D eigenvalue weighted by molar-refractivity contribution is 0.0474. The molecule has 0 radical (unpaired) electrons. The first-order valence-corrected chi connectivity index (χ1v) is 11.3. The molecule has 31 heavy (non-hydrogen) atoms. The lowest BCUT2D eigenvalue weighted by Gasteiger charge is -2.19. The Morgan fingerprint density at radius 1 is 0.935 bits per heavy atom. The summed E-state index contributed by atoms with van der Waals surface area (Å²) in [7, 11) is -3.84. The maximum absolute atomic E-state index is 13.2. The number of sulfonamides is 1. The van der Waals surface area contributed by atoms with Gasteiger partial charge >= 0.3 is 5.97 Å². The van der Waals surface area contributed by atoms with Gasteiger partial charge in [0.2, 0.25) is 0 Å². The van der Waals surface area contributed by atoms with Gasteiger partial charge in [-0.25, -0.2) is 13.2 Å². The molecule has 3 aromatic rings. The van der Waals surface area contributed by atoms with Crippen LogP contribution < -0.4 is 4.31 Å². The summed E-state index contributed by atoms with van der Waals surface area (Å²) in [4.78, 5) is 24.6. The number of rotatable bonds is 6. The first kappa shape index (κ1) is 21.1. The fraction of sp³-hybridized carbons (Fsp3) is 0.130. The highest BCUT2D eigenvalue weighted by Crippen LogP contribution is 2.32. The highest BCUT2D eigenvalue weighted by molar-refractivity contribution is 7.92. The van der Waals surface area contributed by atoms with E-state index in [-0.39, 0.29) is 16.2 Å². The molecule has 0 fully saturated rings. The number of benzene rings is 3. The Balaban J connectivity index is 1.49. The van der Waals surface area contributed by atoms with Gasteiger partial charge in [0.05, 0.1) is 16.1 Å². The molecule has 0 bridgehead atoms. The number of carbonyl (C=O) groups excluding carboxylic acids is 2. The molecule has 1 aliphatic heterocycles. The molecule has 0 saturated heterocycles. The SMILES string of the molecule is O=C(COC(=O)c1cccc(S(=O)(=O)N2CCc3ccccc32)c1)c1ccc(Cl)cc1. The Morgan fingerprint density at radius 3 is 2.45 bits per heavy atom. The van der Waals surface area contributed by atoms with E-state index in [0.717, 1.165) is 5.56 Å². The van der Waals surface area contributed by atoms with E-state index in [2.05, 4.69) is 0 Å². The zero-order valence-electron chi connectivity index (χ0n) is 16.3. The van der Waals surface area contributed by atoms with Crippen LogP contribution in [0.5, 0.6) is 0 Å². The predicted molar refractivity (Wildman–Crippen MR) is 117 cm³/mol. The van der Waals surface area contributed by atoms with Crippen molar-refractivity contribution in [2.24, 2.45) is 0 Å². The topological polar surface area (TPSA) is 80.8 Å². The van der Waals surface area contributed by atoms with E-state index in [9.17, 15) is 18.0 Å². The van der Waals surface area contributed by atoms with Crippen molar-refractivity contribution in [1.82, 2.24) is 0 Å². The van der Waals surface area contributed by atoms with E-state index >= 15 is 0 Å². The normalized spacial score (nSPS) is 13.0. The van der Waals surface area contributed by atoms with Gasteiger partial charge in [0, 0.05) is 17.1 Å². The lowest BCUT2D eigenvalue weighted by atomic mass is 10.1. The zero-order chi connectivity index (χ0) is 22.0. The monoisotopic (exact) mass is 455 g/mol. The molecule has 1 aliphatic rings. The van der Waals surface area contributed by atoms with Crippen molar-refractivity contribution < 1.29 is 22.7 Å². The second-order valence-electron chi connectivity index (χ2n) is 6.99. The van der Waals surface area contributed by atoms with Crippen LogP contribution in [0.2, 0.25) is 5.02 Å². The Bertz CT molecular complexity index is 1250. The zero-order valence-corrected chi connectivity index (χ0v) is 17.9. The summed E-state index contributed by atoms with van der Waals surface area (Å²) in [5, 5.41) is 0.493. The van der Waals surface area contributed by atoms with E-state index < -0.39 is 22.6 Å². The number of carbonyl (C=O) groups is 2. The van der Waals surface area contributed by atoms with Gasteiger partial charge in [0.25, 0.3) is 10.0 Å². The van der Waals surface area contributed by atoms with Gasteiger partial charge in [-0.05, 0) is 60.5 Å². The van der Waals surface area contributed by atoms with Crippen molar-refractivity contribution in [2.75, 3.05) is 17.5 Å². The summed E-state index contributed by atoms with van der Waals surface area (Å²) in [6, 6.07) is 19.2. The molecule has 0 atom stereocenters. The Morgan fingerprint density at radius 2 is 1.68 bits per heavy atom. The quantitative estimate of drug-likeness (QED) is 0.412. The number of nitrogens with zero attached hydrogens (tertiary/aromatic N) is 1. The van der Waals surface area contributed by atoms with Crippen LogP contribution in [0.3, 0.4) is 0 Å². The third-order valence-electron chi connectivity index (χ3n) is 5.00. The largest absolute Gasteiger partial charge is 0.454 e. The van der Waals surface area contributed by atoms with Gasteiger partial charge < -0.3 is 4.74 Å². The standard InChI is InChI=1S/C23H18ClNO5S/c24-19-10-8-17(9-11-19)22(26)15-30-23(27)18-5-3-6-20(14-18)31(28,29)25-13-12-16-4-1-2-7-21(16)25/h1-11,14H,12-13,15H2. The molecule has 158 valence electrons. The first-order valence-electron chi connectivity index (χ1n) is 9.53. The van der Waals surface area contributed by atoms with E-state index in [1.165, 1.54) is 28.6 Å². The molecule has 0 spiro atoms. The number of hydrogen-bond acceptors (Lipinski definition) is 5. The minimum Gasteiger partial charge on any atom is -0.454 e. The van der Waals surface area contributed by atoms with Crippen molar-refractivity contribution in [1.29, 1.82) is 0 Å². The highest BCUT2D eigenvalue weighted by Gasteiger charge is 2.31. The van der Waals surface area contributed by atoms with Crippen LogP contribution in [0.1, 0.15) is 26.3 Å². The number of hydrogen-bond donors (Lipinski definition) is 0. The Kier molecular flexibility index (Phi) is 5.80. The summed E-state index contributed by atoms with van der Waals surface area (Å²) < 4.78 is 32.8. The van der Waals surface area contributed by atoms with Crippen LogP contribution in [0.25, 0.3) is 0 Å². The molecular weight excluding hydrogens is 438 g/mol. The van der Waals surface area contributed by atoms with Crippen molar-refractivity contribution in [3.63, 3.8) is 0 Å². The minimum atomic E-state index is -3.84. The van der Waals surface area contributed by atoms with E-state index in [1.807, 2.05) is 12.1 Å². The third-order valence-corrected chi connectivity index (χ3v) is 7.06. The molecule has 4 rings (SSSR count). The first-order chi connectivity index (χ1) is 14.9. The second kappa shape index (κ2) is 8.53. The van der Waals surface area contributed by atoms with Crippen molar-refractivity contribution >= 4 is 39.1 Å². The average molecular weight is 456 g/mol. The summed E-state index contributed by atoms with van der Waals surface area (Å²) in [5.41, 5.74) is 2.02. The average Bonchev–Trinajstić information content (AvgIpc) is 3.23. The van der Waals surface area contributed by atoms with Crippen LogP contribution in [0.15, 0.2) is 77.7 Å². The van der Waals surface area contributed by atoms with Gasteiger partial charge in [-0.2, -0.15) is 0 Å². The molecule has 8 heteroatoms. The van der Waals surface area contributed by atoms with Crippen molar-refractivity contribution in [2.45, 2.75) is 11.3 Å². The Labute approximate surface area is 185 Å².